The number of amides is 1. The van der Waals surface area contributed by atoms with E-state index in [-0.39, 0.29) is 79.9 Å². The second kappa shape index (κ2) is 23.8. The molecule has 4 aliphatic rings. The molecule has 414 valence electrons. The van der Waals surface area contributed by atoms with E-state index in [1.54, 1.807) is 66.7 Å². The molecule has 1 saturated heterocycles. The van der Waals surface area contributed by atoms with Crippen LogP contribution in [-0.2, 0) is 66.7 Å². The highest BCUT2D eigenvalue weighted by Gasteiger charge is 2.78. The second-order valence-corrected chi connectivity index (χ2v) is 20.7. The number of rotatable bonds is 20. The maximum absolute atomic E-state index is 15.8. The third kappa shape index (κ3) is 11.3. The minimum Gasteiger partial charge on any atom is -0.463 e. The van der Waals surface area contributed by atoms with E-state index in [1.807, 2.05) is 0 Å². The Hall–Kier alpha value is -6.84. The Balaban J connectivity index is 1.42. The van der Waals surface area contributed by atoms with Gasteiger partial charge in [0.2, 0.25) is 6.10 Å². The second-order valence-electron chi connectivity index (χ2n) is 20.7. The van der Waals surface area contributed by atoms with Crippen molar-refractivity contribution < 1.29 is 91.6 Å². The van der Waals surface area contributed by atoms with Gasteiger partial charge in [-0.1, -0.05) is 80.6 Å². The number of esters is 6. The normalized spacial score (nSPS) is 28.2. The highest BCUT2D eigenvalue weighted by atomic mass is 16.6. The Morgan fingerprint density at radius 2 is 1.42 bits per heavy atom. The fraction of sp³-hybridized carbons (Fsp3) is 0.509. The van der Waals surface area contributed by atoms with E-state index in [0.717, 1.165) is 13.8 Å². The van der Waals surface area contributed by atoms with Gasteiger partial charge in [0.15, 0.2) is 23.4 Å². The number of aliphatic hydroxyl groups excluding tert-OH is 2. The summed E-state index contributed by atoms with van der Waals surface area (Å²) in [6.07, 6.45) is -11.3. The summed E-state index contributed by atoms with van der Waals surface area (Å²) in [7, 11) is 1.38. The van der Waals surface area contributed by atoms with Gasteiger partial charge in [0.25, 0.3) is 5.91 Å². The third-order valence-corrected chi connectivity index (χ3v) is 15.7. The van der Waals surface area contributed by atoms with Gasteiger partial charge in [0.05, 0.1) is 36.2 Å². The smallest absolute Gasteiger partial charge is 0.350 e. The number of fused-ring (bicyclic) bond motifs is 5. The Bertz CT molecular complexity index is 2710. The van der Waals surface area contributed by atoms with Crippen LogP contribution in [0.3, 0.4) is 0 Å². The summed E-state index contributed by atoms with van der Waals surface area (Å²) in [4.78, 5) is 115. The molecule has 3 aliphatic carbocycles. The zero-order valence-electron chi connectivity index (χ0n) is 44.1. The third-order valence-electron chi connectivity index (χ3n) is 15.7. The number of carbonyl (C=O) groups excluding carboxylic acids is 8. The molecule has 1 heterocycles. The van der Waals surface area contributed by atoms with Crippen LogP contribution in [0.1, 0.15) is 106 Å². The largest absolute Gasteiger partial charge is 0.463 e. The number of unbranched alkanes of at least 4 members (excludes halogenated alkanes) is 1. The van der Waals surface area contributed by atoms with Crippen molar-refractivity contribution in [2.75, 3.05) is 33.5 Å². The van der Waals surface area contributed by atoms with Gasteiger partial charge in [0.1, 0.15) is 36.6 Å². The monoisotopic (exact) mass is 1070 g/mol. The van der Waals surface area contributed by atoms with Crippen molar-refractivity contribution in [2.45, 2.75) is 128 Å². The Morgan fingerprint density at radius 3 is 1.99 bits per heavy atom. The van der Waals surface area contributed by atoms with E-state index in [4.69, 9.17) is 37.9 Å². The topological polar surface area (TPSA) is 283 Å². The maximum Gasteiger partial charge on any atom is 0.350 e. The summed E-state index contributed by atoms with van der Waals surface area (Å²) < 4.78 is 47.3. The molecular weight excluding hydrogens is 1000 g/mol. The number of ketones is 1. The molecule has 1 amide bonds. The Morgan fingerprint density at radius 1 is 0.792 bits per heavy atom. The number of benzene rings is 3. The average Bonchev–Trinajstić information content (AvgIpc) is 3.59. The van der Waals surface area contributed by atoms with Crippen LogP contribution < -0.4 is 5.32 Å². The number of carbonyl (C=O) groups is 8. The van der Waals surface area contributed by atoms with Crippen molar-refractivity contribution in [1.29, 1.82) is 0 Å². The molecule has 20 nitrogen and oxygen atoms in total. The van der Waals surface area contributed by atoms with Crippen LogP contribution in [0.15, 0.2) is 102 Å². The van der Waals surface area contributed by atoms with Gasteiger partial charge in [0, 0.05) is 51.4 Å². The van der Waals surface area contributed by atoms with Crippen LogP contribution in [0.4, 0.5) is 0 Å². The number of hydrogen-bond acceptors (Lipinski definition) is 19. The van der Waals surface area contributed by atoms with E-state index in [9.17, 15) is 44.1 Å². The van der Waals surface area contributed by atoms with Gasteiger partial charge in [-0.2, -0.15) is 0 Å². The average molecular weight is 1070 g/mol. The standard InChI is InChI=1S/C57H67NO19/c1-32-39(74-53(68)45(75-52(67)38(25-17-18-26-59)51(66)71-28-27-70-7)43(35-19-11-8-12-20-35)58-49(64)36-21-13-9-14-22-36)30-57(69)48(76-50(65)37-23-15-10-16-24-37)46-55(6,40(62)29-41-56(46,31-72-41)77-34(3)61)47(63)44(73-33(2)60)42(32)54(57,4)5/h8-16,19-24,38-41,43-46,48,59,62,69H,17-18,25-31H2,1-7H3,(H,58,64)/t38?,39-,40-,41+,43-,44+,45+,46?,48-,55+,56-,57+/m1/s1. The minimum absolute atomic E-state index is 0.0122. The fourth-order valence-corrected chi connectivity index (χ4v) is 11.6. The lowest BCUT2D eigenvalue weighted by Gasteiger charge is -2.67. The van der Waals surface area contributed by atoms with E-state index in [0.29, 0.717) is 0 Å². The van der Waals surface area contributed by atoms with Crippen molar-refractivity contribution in [1.82, 2.24) is 5.32 Å². The van der Waals surface area contributed by atoms with Crippen molar-refractivity contribution >= 4 is 47.5 Å². The van der Waals surface area contributed by atoms with E-state index in [1.165, 1.54) is 59.1 Å². The molecule has 1 aliphatic heterocycles. The van der Waals surface area contributed by atoms with Crippen LogP contribution >= 0.6 is 0 Å². The number of hydrogen-bond donors (Lipinski definition) is 4. The summed E-state index contributed by atoms with van der Waals surface area (Å²) in [5, 5.41) is 38.7. The number of nitrogens with one attached hydrogen (secondary N) is 1. The summed E-state index contributed by atoms with van der Waals surface area (Å²) in [5.41, 5.74) is -7.99. The zero-order valence-corrected chi connectivity index (χ0v) is 44.1. The van der Waals surface area contributed by atoms with Crippen molar-refractivity contribution in [3.8, 4) is 0 Å². The number of methoxy groups -OCH3 is 1. The van der Waals surface area contributed by atoms with Crippen LogP contribution in [-0.4, -0.2) is 144 Å². The van der Waals surface area contributed by atoms with E-state index in [2.05, 4.69) is 5.32 Å². The molecule has 7 rings (SSSR count). The molecular formula is C57H67NO19. The summed E-state index contributed by atoms with van der Waals surface area (Å²) in [6, 6.07) is 22.0. The molecule has 3 aromatic carbocycles. The molecule has 4 N–H and O–H groups in total. The van der Waals surface area contributed by atoms with Crippen molar-refractivity contribution in [3.63, 3.8) is 0 Å². The first-order valence-corrected chi connectivity index (χ1v) is 25.6. The van der Waals surface area contributed by atoms with Gasteiger partial charge in [-0.05, 0) is 74.1 Å². The van der Waals surface area contributed by atoms with E-state index < -0.39 is 130 Å². The molecule has 12 atom stereocenters. The first kappa shape index (κ1) is 57.9. The molecule has 0 spiro atoms. The van der Waals surface area contributed by atoms with Gasteiger partial charge < -0.3 is 58.5 Å². The maximum atomic E-state index is 15.8. The highest BCUT2D eigenvalue weighted by Crippen LogP contribution is 2.64. The molecule has 0 aromatic heterocycles. The number of aliphatic hydroxyl groups is 3. The summed E-state index contributed by atoms with van der Waals surface area (Å²) >= 11 is 0. The highest BCUT2D eigenvalue weighted by molar-refractivity contribution is 5.98. The Kier molecular flexibility index (Phi) is 17.9. The van der Waals surface area contributed by atoms with Crippen LogP contribution in [0, 0.1) is 22.7 Å². The zero-order chi connectivity index (χ0) is 56.0. The number of Topliss-reactive ketones (excluding diaryl/α,β-unsaturated/α-hetero) is 1. The molecule has 77 heavy (non-hydrogen) atoms. The first-order valence-electron chi connectivity index (χ1n) is 25.6. The molecule has 2 saturated carbocycles. The molecule has 2 unspecified atom stereocenters. The summed E-state index contributed by atoms with van der Waals surface area (Å²) in [5.74, 6) is -11.4. The number of ether oxygens (including phenoxy) is 8. The van der Waals surface area contributed by atoms with Crippen LogP contribution in [0.25, 0.3) is 0 Å². The predicted octanol–water partition coefficient (Wildman–Crippen LogP) is 4.26. The lowest BCUT2D eigenvalue weighted by atomic mass is 9.44. The SMILES string of the molecule is COCCOC(=O)C(CCCCO)C(=O)O[C@H](C(=O)O[C@@H]1C[C@]2(O)[C@H](OC(=O)c3ccccc3)C3[C@@]4(OC(C)=O)CO[C@H]4C[C@@H](O)[C@]3(C)C(=O)[C@@H](OC(C)=O)C(=C1C)C2(C)C)[C@H](NC(=O)c1ccccc1)c1ccccc1. The minimum atomic E-state index is -2.54. The van der Waals surface area contributed by atoms with Crippen LogP contribution in [0.2, 0.25) is 0 Å². The van der Waals surface area contributed by atoms with Gasteiger partial charge in [-0.3, -0.25) is 28.8 Å². The first-order chi connectivity index (χ1) is 36.6. The lowest BCUT2D eigenvalue weighted by molar-refractivity contribution is -0.346. The van der Waals surface area contributed by atoms with Gasteiger partial charge in [-0.25, -0.2) is 9.59 Å². The molecule has 20 heteroatoms. The fourth-order valence-electron chi connectivity index (χ4n) is 11.6. The molecule has 3 fully saturated rings. The van der Waals surface area contributed by atoms with E-state index >= 15 is 9.59 Å². The van der Waals surface area contributed by atoms with Gasteiger partial charge >= 0.3 is 35.8 Å². The Labute approximate surface area is 445 Å². The van der Waals surface area contributed by atoms with Crippen molar-refractivity contribution in [3.05, 3.63) is 119 Å². The molecule has 2 bridgehead atoms. The predicted molar refractivity (Wildman–Crippen MR) is 269 cm³/mol. The summed E-state index contributed by atoms with van der Waals surface area (Å²) in [6.45, 7) is 7.14. The molecule has 0 radical (unpaired) electrons. The van der Waals surface area contributed by atoms with Gasteiger partial charge in [-0.15, -0.1) is 0 Å². The van der Waals surface area contributed by atoms with Crippen molar-refractivity contribution in [2.24, 2.45) is 22.7 Å². The lowest BCUT2D eigenvalue weighted by Crippen LogP contribution is -2.82. The molecule has 3 aromatic rings. The van der Waals surface area contributed by atoms with Crippen LogP contribution in [0.5, 0.6) is 0 Å². The quantitative estimate of drug-likeness (QED) is 0.0404.